The molecule has 2 N–H and O–H groups in total. The van der Waals surface area contributed by atoms with Gasteiger partial charge in [-0.05, 0) is 42.9 Å². The fraction of sp³-hybridized carbons (Fsp3) is 0.636. The first-order valence-corrected chi connectivity index (χ1v) is 10.4. The summed E-state index contributed by atoms with van der Waals surface area (Å²) in [7, 11) is 7.65. The van der Waals surface area contributed by atoms with Crippen molar-refractivity contribution in [2.24, 2.45) is 10.4 Å². The number of amides is 1. The molecule has 1 aromatic carbocycles. The molecule has 0 aromatic heterocycles. The van der Waals surface area contributed by atoms with Gasteiger partial charge in [-0.25, -0.2) is 0 Å². The molecule has 1 aliphatic carbocycles. The van der Waals surface area contributed by atoms with E-state index in [-0.39, 0.29) is 35.3 Å². The van der Waals surface area contributed by atoms with Crippen LogP contribution in [0.4, 0.5) is 5.69 Å². The monoisotopic (exact) mass is 513 g/mol. The predicted octanol–water partition coefficient (Wildman–Crippen LogP) is 3.00. The molecule has 1 saturated carbocycles. The normalized spacial score (nSPS) is 17.9. The number of nitrogens with one attached hydrogen (secondary N) is 2. The van der Waals surface area contributed by atoms with Crippen molar-refractivity contribution in [2.45, 2.75) is 45.1 Å². The Labute approximate surface area is 192 Å². The first-order chi connectivity index (χ1) is 13.4. The second kappa shape index (κ2) is 10.5. The lowest BCUT2D eigenvalue weighted by atomic mass is 9.84. The minimum absolute atomic E-state index is 0. The Kier molecular flexibility index (Phi) is 8.60. The highest BCUT2D eigenvalue weighted by Crippen LogP contribution is 2.38. The van der Waals surface area contributed by atoms with Crippen molar-refractivity contribution in [2.75, 3.05) is 46.2 Å². The van der Waals surface area contributed by atoms with Crippen LogP contribution in [0.3, 0.4) is 0 Å². The minimum Gasteiger partial charge on any atom is -0.374 e. The molecule has 0 radical (unpaired) electrons. The fourth-order valence-corrected chi connectivity index (χ4v) is 4.60. The highest BCUT2D eigenvalue weighted by Gasteiger charge is 2.42. The molecule has 2 aliphatic rings. The Balaban J connectivity index is 0.00000300. The van der Waals surface area contributed by atoms with E-state index in [9.17, 15) is 4.79 Å². The molecule has 0 spiro atoms. The third kappa shape index (κ3) is 5.55. The number of rotatable bonds is 5. The van der Waals surface area contributed by atoms with Gasteiger partial charge in [-0.15, -0.1) is 24.0 Å². The number of hydrogen-bond acceptors (Lipinski definition) is 3. The van der Waals surface area contributed by atoms with Crippen molar-refractivity contribution in [3.63, 3.8) is 0 Å². The number of benzene rings is 1. The summed E-state index contributed by atoms with van der Waals surface area (Å²) in [5.41, 5.74) is 3.75. The Morgan fingerprint density at radius 1 is 1.21 bits per heavy atom. The molecular weight excluding hydrogens is 477 g/mol. The molecule has 6 nitrogen and oxygen atoms in total. The van der Waals surface area contributed by atoms with E-state index < -0.39 is 0 Å². The van der Waals surface area contributed by atoms with E-state index in [2.05, 4.69) is 45.8 Å². The van der Waals surface area contributed by atoms with Gasteiger partial charge in [0, 0.05) is 53.5 Å². The van der Waals surface area contributed by atoms with Crippen LogP contribution in [0.1, 0.15) is 43.2 Å². The van der Waals surface area contributed by atoms with Crippen LogP contribution in [-0.4, -0.2) is 58.0 Å². The average Bonchev–Trinajstić information content (AvgIpc) is 3.17. The van der Waals surface area contributed by atoms with Crippen LogP contribution in [0, 0.1) is 5.41 Å². The predicted molar refractivity (Wildman–Crippen MR) is 131 cm³/mol. The van der Waals surface area contributed by atoms with Crippen molar-refractivity contribution < 1.29 is 4.79 Å². The summed E-state index contributed by atoms with van der Waals surface area (Å²) in [4.78, 5) is 21.2. The summed E-state index contributed by atoms with van der Waals surface area (Å²) in [5, 5.41) is 6.82. The maximum Gasteiger partial charge on any atom is 0.230 e. The number of aliphatic imine (C=N–C) groups is 1. The van der Waals surface area contributed by atoms with Gasteiger partial charge in [0.05, 0.1) is 5.41 Å². The van der Waals surface area contributed by atoms with Crippen molar-refractivity contribution in [1.82, 2.24) is 15.5 Å². The molecule has 0 atom stereocenters. The smallest absolute Gasteiger partial charge is 0.230 e. The Morgan fingerprint density at radius 2 is 1.93 bits per heavy atom. The molecule has 29 heavy (non-hydrogen) atoms. The van der Waals surface area contributed by atoms with Crippen LogP contribution < -0.4 is 15.5 Å². The molecule has 0 bridgehead atoms. The molecule has 1 heterocycles. The topological polar surface area (TPSA) is 60.0 Å². The van der Waals surface area contributed by atoms with E-state index in [0.717, 1.165) is 51.2 Å². The van der Waals surface area contributed by atoms with Crippen molar-refractivity contribution in [3.05, 3.63) is 29.3 Å². The number of guanidine groups is 1. The number of nitrogens with zero attached hydrogens (tertiary/aromatic N) is 3. The summed E-state index contributed by atoms with van der Waals surface area (Å²) in [6.45, 7) is 2.50. The molecular formula is C22H36IN5O. The lowest BCUT2D eigenvalue weighted by Crippen LogP contribution is -2.49. The number of fused-ring (bicyclic) bond motifs is 1. The molecule has 162 valence electrons. The molecule has 7 heteroatoms. The average molecular weight is 513 g/mol. The van der Waals surface area contributed by atoms with Crippen LogP contribution in [0.15, 0.2) is 23.2 Å². The lowest BCUT2D eigenvalue weighted by molar-refractivity contribution is -0.138. The number of carbonyl (C=O) groups is 1. The SMILES string of the molecule is CN=C(NCc1ccc2c(c1)CCCN2C)NCC1(C(=O)N(C)C)CCCC1.I. The largest absolute Gasteiger partial charge is 0.374 e. The number of hydrogen-bond donors (Lipinski definition) is 2. The summed E-state index contributed by atoms with van der Waals surface area (Å²) in [6, 6.07) is 6.72. The lowest BCUT2D eigenvalue weighted by Gasteiger charge is -2.31. The van der Waals surface area contributed by atoms with Crippen LogP contribution in [-0.2, 0) is 17.8 Å². The maximum atomic E-state index is 12.7. The molecule has 0 saturated heterocycles. The zero-order valence-electron chi connectivity index (χ0n) is 18.3. The van der Waals surface area contributed by atoms with Gasteiger partial charge in [-0.2, -0.15) is 0 Å². The molecule has 1 aromatic rings. The zero-order chi connectivity index (χ0) is 20.1. The van der Waals surface area contributed by atoms with Gasteiger partial charge < -0.3 is 20.4 Å². The van der Waals surface area contributed by atoms with Gasteiger partial charge in [0.25, 0.3) is 0 Å². The van der Waals surface area contributed by atoms with E-state index in [1.165, 1.54) is 23.2 Å². The molecule has 1 fully saturated rings. The highest BCUT2D eigenvalue weighted by molar-refractivity contribution is 14.0. The molecule has 3 rings (SSSR count). The van der Waals surface area contributed by atoms with E-state index in [4.69, 9.17) is 0 Å². The van der Waals surface area contributed by atoms with Gasteiger partial charge >= 0.3 is 0 Å². The van der Waals surface area contributed by atoms with Crippen molar-refractivity contribution >= 4 is 41.5 Å². The van der Waals surface area contributed by atoms with Gasteiger partial charge in [0.1, 0.15) is 0 Å². The third-order valence-electron chi connectivity index (χ3n) is 6.19. The van der Waals surface area contributed by atoms with Gasteiger partial charge in [0.15, 0.2) is 5.96 Å². The quantitative estimate of drug-likeness (QED) is 0.361. The summed E-state index contributed by atoms with van der Waals surface area (Å²) in [6.07, 6.45) is 6.51. The first kappa shape index (κ1) is 23.8. The van der Waals surface area contributed by atoms with Gasteiger partial charge in [-0.1, -0.05) is 25.0 Å². The van der Waals surface area contributed by atoms with Crippen LogP contribution in [0.5, 0.6) is 0 Å². The highest BCUT2D eigenvalue weighted by atomic mass is 127. The van der Waals surface area contributed by atoms with E-state index >= 15 is 0 Å². The van der Waals surface area contributed by atoms with Crippen molar-refractivity contribution in [3.8, 4) is 0 Å². The van der Waals surface area contributed by atoms with E-state index in [1.807, 2.05) is 14.1 Å². The number of halogens is 1. The Bertz CT molecular complexity index is 728. The molecule has 1 amide bonds. The number of aryl methyl sites for hydroxylation is 1. The third-order valence-corrected chi connectivity index (χ3v) is 6.19. The number of carbonyl (C=O) groups excluding carboxylic acids is 1. The van der Waals surface area contributed by atoms with Crippen LogP contribution >= 0.6 is 24.0 Å². The Hall–Kier alpha value is -1.51. The zero-order valence-corrected chi connectivity index (χ0v) is 20.6. The van der Waals surface area contributed by atoms with Gasteiger partial charge in [0.2, 0.25) is 5.91 Å². The summed E-state index contributed by atoms with van der Waals surface area (Å²) in [5.74, 6) is 0.986. The number of anilines is 1. The maximum absolute atomic E-state index is 12.7. The Morgan fingerprint density at radius 3 is 2.59 bits per heavy atom. The van der Waals surface area contributed by atoms with E-state index in [0.29, 0.717) is 6.54 Å². The second-order valence-electron chi connectivity index (χ2n) is 8.45. The first-order valence-electron chi connectivity index (χ1n) is 10.4. The fourth-order valence-electron chi connectivity index (χ4n) is 4.60. The van der Waals surface area contributed by atoms with Crippen molar-refractivity contribution in [1.29, 1.82) is 0 Å². The van der Waals surface area contributed by atoms with Gasteiger partial charge in [-0.3, -0.25) is 9.79 Å². The van der Waals surface area contributed by atoms with Crippen LogP contribution in [0.2, 0.25) is 0 Å². The summed E-state index contributed by atoms with van der Waals surface area (Å²) < 4.78 is 0. The van der Waals surface area contributed by atoms with Crippen LogP contribution in [0.25, 0.3) is 0 Å². The summed E-state index contributed by atoms with van der Waals surface area (Å²) >= 11 is 0. The minimum atomic E-state index is -0.294. The van der Waals surface area contributed by atoms with E-state index in [1.54, 1.807) is 11.9 Å². The second-order valence-corrected chi connectivity index (χ2v) is 8.45. The molecule has 1 aliphatic heterocycles. The molecule has 0 unspecified atom stereocenters. The standard InChI is InChI=1S/C22H35N5O.HI/c1-23-21(25-16-22(11-5-6-12-22)20(28)26(2)3)24-15-17-9-10-19-18(14-17)8-7-13-27(19)4;/h9-10,14H,5-8,11-13,15-16H2,1-4H3,(H2,23,24,25);1H.